The summed E-state index contributed by atoms with van der Waals surface area (Å²) in [5, 5.41) is 0. The Labute approximate surface area is 135 Å². The number of rotatable bonds is 6. The van der Waals surface area contributed by atoms with Gasteiger partial charge >= 0.3 is 0 Å². The van der Waals surface area contributed by atoms with Crippen LogP contribution in [0.5, 0.6) is 0 Å². The molecule has 8 heteroatoms. The van der Waals surface area contributed by atoms with E-state index in [2.05, 4.69) is 0 Å². The number of hydrogen-bond acceptors (Lipinski definition) is 4. The van der Waals surface area contributed by atoms with Gasteiger partial charge in [-0.3, -0.25) is 0 Å². The molecule has 0 aliphatic carbocycles. The highest BCUT2D eigenvalue weighted by Gasteiger charge is 2.34. The fourth-order valence-electron chi connectivity index (χ4n) is 2.58. The van der Waals surface area contributed by atoms with E-state index in [1.807, 2.05) is 19.0 Å². The molecular formula is C15H22F2N2O3S. The second kappa shape index (κ2) is 7.65. The molecule has 1 aromatic rings. The van der Waals surface area contributed by atoms with Crippen molar-refractivity contribution in [2.75, 3.05) is 40.4 Å². The molecule has 0 unspecified atom stereocenters. The van der Waals surface area contributed by atoms with Gasteiger partial charge in [-0.05, 0) is 39.1 Å². The second-order valence-electron chi connectivity index (χ2n) is 5.84. The summed E-state index contributed by atoms with van der Waals surface area (Å²) in [5.41, 5.74) is 0. The van der Waals surface area contributed by atoms with Crippen LogP contribution >= 0.6 is 0 Å². The van der Waals surface area contributed by atoms with Crippen molar-refractivity contribution in [3.63, 3.8) is 0 Å². The third kappa shape index (κ3) is 4.47. The van der Waals surface area contributed by atoms with Crippen LogP contribution in [0.3, 0.4) is 0 Å². The zero-order chi connectivity index (χ0) is 17.0. The standard InChI is InChI=1S/C15H22F2N2O3S/c1-18(2)7-8-19(13-5-9-22-10-6-13)23(20,21)15-4-3-12(16)11-14(15)17/h3-4,11,13H,5-10H2,1-2H3. The van der Waals surface area contributed by atoms with Gasteiger partial charge in [-0.15, -0.1) is 0 Å². The summed E-state index contributed by atoms with van der Waals surface area (Å²) in [4.78, 5) is 1.38. The summed E-state index contributed by atoms with van der Waals surface area (Å²) in [5.74, 6) is -1.86. The summed E-state index contributed by atoms with van der Waals surface area (Å²) < 4.78 is 59.4. The molecule has 130 valence electrons. The Kier molecular flexibility index (Phi) is 6.07. The minimum Gasteiger partial charge on any atom is -0.381 e. The molecule has 0 atom stereocenters. The number of ether oxygens (including phenoxy) is 1. The van der Waals surface area contributed by atoms with Gasteiger partial charge in [0.2, 0.25) is 10.0 Å². The summed E-state index contributed by atoms with van der Waals surface area (Å²) in [6.45, 7) is 1.71. The van der Waals surface area contributed by atoms with Crippen LogP contribution in [0.25, 0.3) is 0 Å². The average Bonchev–Trinajstić information content (AvgIpc) is 2.47. The van der Waals surface area contributed by atoms with Crippen LogP contribution in [-0.4, -0.2) is 64.1 Å². The molecule has 1 heterocycles. The fraction of sp³-hybridized carbons (Fsp3) is 0.600. The van der Waals surface area contributed by atoms with Crippen molar-refractivity contribution in [3.8, 4) is 0 Å². The molecular weight excluding hydrogens is 326 g/mol. The molecule has 23 heavy (non-hydrogen) atoms. The van der Waals surface area contributed by atoms with E-state index in [0.717, 1.165) is 12.1 Å². The van der Waals surface area contributed by atoms with Gasteiger partial charge in [-0.2, -0.15) is 4.31 Å². The first kappa shape index (κ1) is 18.3. The van der Waals surface area contributed by atoms with Crippen molar-refractivity contribution in [2.24, 2.45) is 0 Å². The minimum atomic E-state index is -4.03. The van der Waals surface area contributed by atoms with Gasteiger partial charge < -0.3 is 9.64 Å². The maximum absolute atomic E-state index is 14.0. The number of nitrogens with zero attached hydrogens (tertiary/aromatic N) is 2. The Balaban J connectivity index is 2.34. The number of hydrogen-bond donors (Lipinski definition) is 0. The lowest BCUT2D eigenvalue weighted by molar-refractivity contribution is 0.0572. The van der Waals surface area contributed by atoms with Gasteiger partial charge in [0, 0.05) is 38.4 Å². The van der Waals surface area contributed by atoms with Crippen LogP contribution in [0.4, 0.5) is 8.78 Å². The molecule has 1 aliphatic heterocycles. The van der Waals surface area contributed by atoms with Gasteiger partial charge in [0.25, 0.3) is 0 Å². The zero-order valence-electron chi connectivity index (χ0n) is 13.3. The van der Waals surface area contributed by atoms with Crippen LogP contribution in [0.1, 0.15) is 12.8 Å². The zero-order valence-corrected chi connectivity index (χ0v) is 14.2. The lowest BCUT2D eigenvalue weighted by Crippen LogP contribution is -2.46. The number of halogens is 2. The van der Waals surface area contributed by atoms with E-state index in [1.54, 1.807) is 0 Å². The van der Waals surface area contributed by atoms with Crippen molar-refractivity contribution < 1.29 is 21.9 Å². The summed E-state index contributed by atoms with van der Waals surface area (Å²) in [7, 11) is -0.353. The molecule has 0 radical (unpaired) electrons. The number of likely N-dealkylation sites (N-methyl/N-ethyl adjacent to an activating group) is 1. The minimum absolute atomic E-state index is 0.238. The van der Waals surface area contributed by atoms with E-state index in [4.69, 9.17) is 4.74 Å². The molecule has 1 fully saturated rings. The SMILES string of the molecule is CN(C)CCN(C1CCOCC1)S(=O)(=O)c1ccc(F)cc1F. The molecule has 0 bridgehead atoms. The topological polar surface area (TPSA) is 49.9 Å². The van der Waals surface area contributed by atoms with E-state index >= 15 is 0 Å². The quantitative estimate of drug-likeness (QED) is 0.785. The Hall–Kier alpha value is -1.09. The van der Waals surface area contributed by atoms with Gasteiger partial charge in [0.05, 0.1) is 0 Å². The molecule has 0 N–H and O–H groups in total. The van der Waals surface area contributed by atoms with Gasteiger partial charge in [-0.1, -0.05) is 0 Å². The number of benzene rings is 1. The highest BCUT2D eigenvalue weighted by atomic mass is 32.2. The van der Waals surface area contributed by atoms with Crippen LogP contribution in [-0.2, 0) is 14.8 Å². The average molecular weight is 348 g/mol. The van der Waals surface area contributed by atoms with Crippen LogP contribution < -0.4 is 0 Å². The van der Waals surface area contributed by atoms with Crippen LogP contribution in [0, 0.1) is 11.6 Å². The first-order valence-electron chi connectivity index (χ1n) is 7.51. The van der Waals surface area contributed by atoms with E-state index in [0.29, 0.717) is 38.7 Å². The van der Waals surface area contributed by atoms with E-state index in [9.17, 15) is 17.2 Å². The largest absolute Gasteiger partial charge is 0.381 e. The van der Waals surface area contributed by atoms with E-state index in [1.165, 1.54) is 4.31 Å². The molecule has 1 saturated heterocycles. The van der Waals surface area contributed by atoms with Gasteiger partial charge in [-0.25, -0.2) is 17.2 Å². The summed E-state index contributed by atoms with van der Waals surface area (Å²) in [6.07, 6.45) is 1.13. The van der Waals surface area contributed by atoms with Crippen LogP contribution in [0.15, 0.2) is 23.1 Å². The third-order valence-electron chi connectivity index (χ3n) is 3.85. The van der Waals surface area contributed by atoms with Crippen LogP contribution in [0.2, 0.25) is 0 Å². The maximum atomic E-state index is 14.0. The van der Waals surface area contributed by atoms with E-state index < -0.39 is 26.6 Å². The maximum Gasteiger partial charge on any atom is 0.246 e. The first-order valence-corrected chi connectivity index (χ1v) is 8.96. The summed E-state index contributed by atoms with van der Waals surface area (Å²) >= 11 is 0. The Morgan fingerprint density at radius 3 is 2.39 bits per heavy atom. The second-order valence-corrected chi connectivity index (χ2v) is 7.70. The summed E-state index contributed by atoms with van der Waals surface area (Å²) in [6, 6.07) is 2.31. The Morgan fingerprint density at radius 1 is 1.17 bits per heavy atom. The Bertz CT molecular complexity index is 632. The molecule has 2 rings (SSSR count). The van der Waals surface area contributed by atoms with Crippen molar-refractivity contribution in [2.45, 2.75) is 23.8 Å². The predicted molar refractivity (Wildman–Crippen MR) is 82.6 cm³/mol. The highest BCUT2D eigenvalue weighted by Crippen LogP contribution is 2.25. The number of sulfonamides is 1. The van der Waals surface area contributed by atoms with Crippen molar-refractivity contribution >= 4 is 10.0 Å². The predicted octanol–water partition coefficient (Wildman–Crippen LogP) is 1.70. The molecule has 0 saturated carbocycles. The van der Waals surface area contributed by atoms with Crippen molar-refractivity contribution in [1.29, 1.82) is 0 Å². The fourth-order valence-corrected chi connectivity index (χ4v) is 4.30. The lowest BCUT2D eigenvalue weighted by Gasteiger charge is -2.34. The normalized spacial score (nSPS) is 17.1. The van der Waals surface area contributed by atoms with Gasteiger partial charge in [0.15, 0.2) is 0 Å². The Morgan fingerprint density at radius 2 is 1.83 bits per heavy atom. The lowest BCUT2D eigenvalue weighted by atomic mass is 10.1. The van der Waals surface area contributed by atoms with E-state index in [-0.39, 0.29) is 12.6 Å². The molecule has 0 aromatic heterocycles. The third-order valence-corrected chi connectivity index (χ3v) is 5.83. The molecule has 5 nitrogen and oxygen atoms in total. The molecule has 0 amide bonds. The highest BCUT2D eigenvalue weighted by molar-refractivity contribution is 7.89. The molecule has 0 spiro atoms. The monoisotopic (exact) mass is 348 g/mol. The molecule has 1 aromatic carbocycles. The van der Waals surface area contributed by atoms with Crippen molar-refractivity contribution in [3.05, 3.63) is 29.8 Å². The van der Waals surface area contributed by atoms with Gasteiger partial charge in [0.1, 0.15) is 16.5 Å². The smallest absolute Gasteiger partial charge is 0.246 e. The first-order chi connectivity index (χ1) is 10.8. The van der Waals surface area contributed by atoms with Crippen molar-refractivity contribution in [1.82, 2.24) is 9.21 Å². The molecule has 1 aliphatic rings.